The van der Waals surface area contributed by atoms with Crippen molar-refractivity contribution in [2.75, 3.05) is 7.11 Å². The van der Waals surface area contributed by atoms with Crippen molar-refractivity contribution in [2.45, 2.75) is 6.04 Å². The number of methoxy groups -OCH3 is 1. The molecule has 22 heavy (non-hydrogen) atoms. The van der Waals surface area contributed by atoms with Gasteiger partial charge in [0.15, 0.2) is 6.04 Å². The van der Waals surface area contributed by atoms with E-state index < -0.39 is 29.6 Å². The second kappa shape index (κ2) is 6.70. The highest BCUT2D eigenvalue weighted by Crippen LogP contribution is 2.20. The van der Waals surface area contributed by atoms with E-state index in [0.717, 1.165) is 25.3 Å². The van der Waals surface area contributed by atoms with Crippen LogP contribution < -0.4 is 5.32 Å². The Labute approximate surface area is 124 Å². The summed E-state index contributed by atoms with van der Waals surface area (Å²) in [5.41, 5.74) is -0.419. The highest BCUT2D eigenvalue weighted by atomic mass is 19.1. The molecule has 0 radical (unpaired) electrons. The first-order valence-electron chi connectivity index (χ1n) is 6.12. The Balaban J connectivity index is 2.33. The summed E-state index contributed by atoms with van der Waals surface area (Å²) in [5.74, 6) is -3.32. The van der Waals surface area contributed by atoms with E-state index in [-0.39, 0.29) is 11.3 Å². The molecule has 1 heterocycles. The van der Waals surface area contributed by atoms with Crippen LogP contribution in [0.25, 0.3) is 0 Å². The van der Waals surface area contributed by atoms with Crippen molar-refractivity contribution in [1.82, 2.24) is 15.3 Å². The molecule has 2 rings (SSSR count). The number of benzene rings is 1. The number of ether oxygens (including phenoxy) is 1. The van der Waals surface area contributed by atoms with E-state index in [1.54, 1.807) is 0 Å². The van der Waals surface area contributed by atoms with Crippen molar-refractivity contribution in [3.8, 4) is 0 Å². The van der Waals surface area contributed by atoms with Crippen LogP contribution in [-0.4, -0.2) is 29.0 Å². The highest BCUT2D eigenvalue weighted by Gasteiger charge is 2.27. The molecule has 1 aromatic heterocycles. The maximum absolute atomic E-state index is 13.8. The quantitative estimate of drug-likeness (QED) is 0.864. The minimum absolute atomic E-state index is 0.0757. The van der Waals surface area contributed by atoms with Crippen LogP contribution in [0, 0.1) is 11.6 Å². The minimum Gasteiger partial charge on any atom is -0.467 e. The molecule has 1 aromatic carbocycles. The maximum atomic E-state index is 13.8. The zero-order valence-corrected chi connectivity index (χ0v) is 11.4. The molecule has 0 aliphatic carbocycles. The minimum atomic E-state index is -1.50. The van der Waals surface area contributed by atoms with Gasteiger partial charge >= 0.3 is 5.97 Å². The molecule has 0 bridgehead atoms. The number of nitrogens with zero attached hydrogens (tertiary/aromatic N) is 2. The molecule has 1 atom stereocenters. The lowest BCUT2D eigenvalue weighted by molar-refractivity contribution is -0.143. The lowest BCUT2D eigenvalue weighted by Gasteiger charge is -2.17. The van der Waals surface area contributed by atoms with Gasteiger partial charge in [0.1, 0.15) is 17.3 Å². The van der Waals surface area contributed by atoms with Crippen LogP contribution in [-0.2, 0) is 9.53 Å². The van der Waals surface area contributed by atoms with Crippen molar-refractivity contribution in [3.05, 3.63) is 59.7 Å². The molecule has 1 amide bonds. The molecule has 0 unspecified atom stereocenters. The van der Waals surface area contributed by atoms with E-state index >= 15 is 0 Å². The average molecular weight is 307 g/mol. The van der Waals surface area contributed by atoms with E-state index in [9.17, 15) is 18.4 Å². The van der Waals surface area contributed by atoms with Gasteiger partial charge in [-0.15, -0.1) is 0 Å². The van der Waals surface area contributed by atoms with Crippen molar-refractivity contribution < 1.29 is 23.1 Å². The lowest BCUT2D eigenvalue weighted by Crippen LogP contribution is -2.35. The largest absolute Gasteiger partial charge is 0.467 e. The van der Waals surface area contributed by atoms with Crippen LogP contribution in [0.4, 0.5) is 8.78 Å². The summed E-state index contributed by atoms with van der Waals surface area (Å²) in [5, 5.41) is 2.25. The van der Waals surface area contributed by atoms with Gasteiger partial charge in [-0.3, -0.25) is 9.78 Å². The molecule has 2 aromatic rings. The molecule has 1 N–H and O–H groups in total. The Kier molecular flexibility index (Phi) is 4.72. The Bertz CT molecular complexity index is 695. The fourth-order valence-electron chi connectivity index (χ4n) is 1.74. The van der Waals surface area contributed by atoms with Gasteiger partial charge in [-0.1, -0.05) is 0 Å². The number of aromatic nitrogens is 2. The lowest BCUT2D eigenvalue weighted by atomic mass is 10.1. The van der Waals surface area contributed by atoms with Crippen LogP contribution in [0.3, 0.4) is 0 Å². The van der Waals surface area contributed by atoms with E-state index in [0.29, 0.717) is 0 Å². The number of nitrogens with one attached hydrogen (secondary N) is 1. The Morgan fingerprint density at radius 3 is 2.68 bits per heavy atom. The number of hydrogen-bond donors (Lipinski definition) is 1. The van der Waals surface area contributed by atoms with Crippen molar-refractivity contribution in [3.63, 3.8) is 0 Å². The van der Waals surface area contributed by atoms with Gasteiger partial charge in [-0.2, -0.15) is 0 Å². The number of carbonyl (C=O) groups is 2. The first-order chi connectivity index (χ1) is 10.5. The Morgan fingerprint density at radius 1 is 1.27 bits per heavy atom. The summed E-state index contributed by atoms with van der Waals surface area (Å²) in [4.78, 5) is 31.3. The molecule has 6 nitrogen and oxygen atoms in total. The first-order valence-corrected chi connectivity index (χ1v) is 6.12. The molecular formula is C14H11F2N3O3. The maximum Gasteiger partial charge on any atom is 0.333 e. The molecule has 0 saturated heterocycles. The summed E-state index contributed by atoms with van der Waals surface area (Å²) in [7, 11) is 1.07. The Hall–Kier alpha value is -2.90. The monoisotopic (exact) mass is 307 g/mol. The molecule has 0 spiro atoms. The molecular weight excluding hydrogens is 296 g/mol. The van der Waals surface area contributed by atoms with Gasteiger partial charge in [0.05, 0.1) is 13.3 Å². The van der Waals surface area contributed by atoms with E-state index in [1.165, 1.54) is 18.6 Å². The summed E-state index contributed by atoms with van der Waals surface area (Å²) in [6.45, 7) is 0. The van der Waals surface area contributed by atoms with E-state index in [2.05, 4.69) is 20.0 Å². The standard InChI is InChI=1S/C14H11F2N3O3/c1-22-14(21)12(9-6-8(15)2-3-10(9)16)19-13(20)11-7-17-4-5-18-11/h2-7,12H,1H3,(H,19,20)/t12-/m0/s1. The second-order valence-corrected chi connectivity index (χ2v) is 4.19. The molecule has 0 aliphatic rings. The number of carbonyl (C=O) groups excluding carboxylic acids is 2. The smallest absolute Gasteiger partial charge is 0.333 e. The van der Waals surface area contributed by atoms with Gasteiger partial charge < -0.3 is 10.1 Å². The zero-order valence-electron chi connectivity index (χ0n) is 11.4. The normalized spacial score (nSPS) is 11.6. The van der Waals surface area contributed by atoms with Gasteiger partial charge in [0, 0.05) is 18.0 Å². The number of esters is 1. The van der Waals surface area contributed by atoms with Crippen LogP contribution in [0.2, 0.25) is 0 Å². The van der Waals surface area contributed by atoms with Crippen LogP contribution in [0.15, 0.2) is 36.8 Å². The van der Waals surface area contributed by atoms with Crippen LogP contribution >= 0.6 is 0 Å². The third-order valence-electron chi connectivity index (χ3n) is 2.78. The summed E-state index contributed by atoms with van der Waals surface area (Å²) >= 11 is 0. The summed E-state index contributed by atoms with van der Waals surface area (Å²) < 4.78 is 31.6. The SMILES string of the molecule is COC(=O)[C@@H](NC(=O)c1cnccn1)c1cc(F)ccc1F. The highest BCUT2D eigenvalue weighted by molar-refractivity contribution is 5.95. The molecule has 114 valence electrons. The number of hydrogen-bond acceptors (Lipinski definition) is 5. The third-order valence-corrected chi connectivity index (χ3v) is 2.78. The Morgan fingerprint density at radius 2 is 2.05 bits per heavy atom. The fraction of sp³-hybridized carbons (Fsp3) is 0.143. The van der Waals surface area contributed by atoms with Crippen molar-refractivity contribution >= 4 is 11.9 Å². The molecule has 0 saturated carbocycles. The molecule has 0 aliphatic heterocycles. The zero-order chi connectivity index (χ0) is 16.1. The van der Waals surface area contributed by atoms with Gasteiger partial charge in [-0.25, -0.2) is 18.6 Å². The number of amides is 1. The van der Waals surface area contributed by atoms with Gasteiger partial charge in [0.25, 0.3) is 5.91 Å². The second-order valence-electron chi connectivity index (χ2n) is 4.19. The topological polar surface area (TPSA) is 81.2 Å². The predicted octanol–water partition coefficient (Wildman–Crippen LogP) is 1.40. The van der Waals surface area contributed by atoms with Gasteiger partial charge in [-0.05, 0) is 18.2 Å². The number of rotatable bonds is 4. The first kappa shape index (κ1) is 15.5. The summed E-state index contributed by atoms with van der Waals surface area (Å²) in [6.07, 6.45) is 3.82. The van der Waals surface area contributed by atoms with Crippen LogP contribution in [0.1, 0.15) is 22.1 Å². The molecule has 8 heteroatoms. The third kappa shape index (κ3) is 3.40. The van der Waals surface area contributed by atoms with E-state index in [4.69, 9.17) is 0 Å². The van der Waals surface area contributed by atoms with Crippen molar-refractivity contribution in [1.29, 1.82) is 0 Å². The predicted molar refractivity (Wildman–Crippen MR) is 70.6 cm³/mol. The van der Waals surface area contributed by atoms with Gasteiger partial charge in [0.2, 0.25) is 0 Å². The van der Waals surface area contributed by atoms with Crippen LogP contribution in [0.5, 0.6) is 0 Å². The van der Waals surface area contributed by atoms with Crippen molar-refractivity contribution in [2.24, 2.45) is 0 Å². The average Bonchev–Trinajstić information content (AvgIpc) is 2.55. The molecule has 0 fully saturated rings. The fourth-order valence-corrected chi connectivity index (χ4v) is 1.74. The van der Waals surface area contributed by atoms with E-state index in [1.807, 2.05) is 0 Å². The number of halogens is 2. The summed E-state index contributed by atoms with van der Waals surface area (Å²) in [6, 6.07) is 1.07.